The van der Waals surface area contributed by atoms with Gasteiger partial charge in [0.1, 0.15) is 6.23 Å². The largest absolute Gasteiger partial charge is 0.397 e. The number of hydrogen-bond acceptors (Lipinski definition) is 5. The minimum Gasteiger partial charge on any atom is -0.379 e. The lowest BCUT2D eigenvalue weighted by molar-refractivity contribution is 0.0578. The molecular weight excluding hydrogens is 210 g/mol. The van der Waals surface area contributed by atoms with Gasteiger partial charge in [0.05, 0.1) is 6.61 Å². The molecule has 6 nitrogen and oxygen atoms in total. The van der Waals surface area contributed by atoms with E-state index in [0.29, 0.717) is 0 Å². The molecule has 0 spiro atoms. The van der Waals surface area contributed by atoms with Gasteiger partial charge in [-0.05, 0) is 21.0 Å². The van der Waals surface area contributed by atoms with Crippen molar-refractivity contribution in [2.24, 2.45) is 0 Å². The second-order valence-corrected chi connectivity index (χ2v) is 3.69. The summed E-state index contributed by atoms with van der Waals surface area (Å²) in [6.45, 7) is 4.69. The number of hydrogen-bond donors (Lipinski definition) is 2. The van der Waals surface area contributed by atoms with Crippen LogP contribution in [0.15, 0.2) is 12.7 Å². The van der Waals surface area contributed by atoms with Crippen LogP contribution in [0.2, 0.25) is 0 Å². The molecule has 14 heavy (non-hydrogen) atoms. The SMILES string of the molecule is C=CCOS(=O)(=O)O.CC(O)N(C)C. The third kappa shape index (κ3) is 17.6. The Kier molecular flexibility index (Phi) is 9.01. The van der Waals surface area contributed by atoms with Crippen molar-refractivity contribution >= 4 is 10.4 Å². The van der Waals surface area contributed by atoms with Crippen molar-refractivity contribution in [1.29, 1.82) is 0 Å². The fourth-order valence-electron chi connectivity index (χ4n) is 0.134. The second kappa shape index (κ2) is 7.89. The molecule has 7 heteroatoms. The van der Waals surface area contributed by atoms with E-state index >= 15 is 0 Å². The first kappa shape index (κ1) is 16.0. The minimum absolute atomic E-state index is 0.196. The van der Waals surface area contributed by atoms with E-state index in [2.05, 4.69) is 10.8 Å². The van der Waals surface area contributed by atoms with Gasteiger partial charge >= 0.3 is 10.4 Å². The molecule has 0 aliphatic carbocycles. The maximum Gasteiger partial charge on any atom is 0.397 e. The van der Waals surface area contributed by atoms with Gasteiger partial charge in [-0.1, -0.05) is 6.08 Å². The van der Waals surface area contributed by atoms with Crippen LogP contribution in [0.1, 0.15) is 6.92 Å². The molecule has 0 aliphatic heterocycles. The normalized spacial score (nSPS) is 13.0. The van der Waals surface area contributed by atoms with Crippen molar-refractivity contribution in [1.82, 2.24) is 4.90 Å². The Labute approximate surface area is 84.8 Å². The van der Waals surface area contributed by atoms with Crippen molar-refractivity contribution < 1.29 is 22.3 Å². The van der Waals surface area contributed by atoms with Gasteiger partial charge in [0.15, 0.2) is 0 Å². The quantitative estimate of drug-likeness (QED) is 0.395. The van der Waals surface area contributed by atoms with Crippen LogP contribution >= 0.6 is 0 Å². The lowest BCUT2D eigenvalue weighted by Gasteiger charge is -2.11. The Morgan fingerprint density at radius 2 is 1.93 bits per heavy atom. The molecule has 2 N–H and O–H groups in total. The molecule has 0 aromatic carbocycles. The Morgan fingerprint density at radius 3 is 2.00 bits per heavy atom. The zero-order valence-electron chi connectivity index (χ0n) is 8.54. The summed E-state index contributed by atoms with van der Waals surface area (Å²) in [6, 6.07) is 0. The van der Waals surface area contributed by atoms with Gasteiger partial charge in [-0.3, -0.25) is 9.45 Å². The summed E-state index contributed by atoms with van der Waals surface area (Å²) in [5, 5.41) is 8.56. The lowest BCUT2D eigenvalue weighted by atomic mass is 10.6. The third-order valence-electron chi connectivity index (χ3n) is 1.08. The predicted octanol–water partition coefficient (Wildman–Crippen LogP) is -0.122. The summed E-state index contributed by atoms with van der Waals surface area (Å²) in [7, 11) is -0.609. The van der Waals surface area contributed by atoms with E-state index in [1.54, 1.807) is 11.8 Å². The molecule has 0 amide bonds. The molecule has 0 saturated heterocycles. The van der Waals surface area contributed by atoms with Crippen molar-refractivity contribution in [3.05, 3.63) is 12.7 Å². The average molecular weight is 227 g/mol. The molecule has 0 radical (unpaired) electrons. The fourth-order valence-corrected chi connectivity index (χ4v) is 0.402. The molecule has 0 fully saturated rings. The van der Waals surface area contributed by atoms with Crippen molar-refractivity contribution in [2.45, 2.75) is 13.2 Å². The Balaban J connectivity index is 0. The van der Waals surface area contributed by atoms with Gasteiger partial charge in [0.2, 0.25) is 0 Å². The maximum absolute atomic E-state index is 9.68. The van der Waals surface area contributed by atoms with Crippen LogP contribution in [0.4, 0.5) is 0 Å². The molecule has 0 aliphatic rings. The van der Waals surface area contributed by atoms with E-state index in [0.717, 1.165) is 0 Å². The van der Waals surface area contributed by atoms with E-state index in [1.807, 2.05) is 14.1 Å². The zero-order valence-corrected chi connectivity index (χ0v) is 9.36. The van der Waals surface area contributed by atoms with E-state index in [1.165, 1.54) is 6.08 Å². The molecule has 0 bridgehead atoms. The molecule has 86 valence electrons. The highest BCUT2D eigenvalue weighted by Crippen LogP contribution is 1.83. The Bertz CT molecular complexity index is 228. The van der Waals surface area contributed by atoms with Crippen LogP contribution in [0, 0.1) is 0 Å². The summed E-state index contributed by atoms with van der Waals surface area (Å²) in [4.78, 5) is 1.72. The zero-order chi connectivity index (χ0) is 11.8. The highest BCUT2D eigenvalue weighted by molar-refractivity contribution is 7.80. The summed E-state index contributed by atoms with van der Waals surface area (Å²) >= 11 is 0. The van der Waals surface area contributed by atoms with Crippen LogP contribution in [-0.2, 0) is 14.6 Å². The molecule has 1 unspecified atom stereocenters. The maximum atomic E-state index is 9.68. The van der Waals surface area contributed by atoms with Crippen LogP contribution < -0.4 is 0 Å². The second-order valence-electron chi connectivity index (χ2n) is 2.60. The van der Waals surface area contributed by atoms with Crippen LogP contribution in [0.25, 0.3) is 0 Å². The first-order valence-electron chi connectivity index (χ1n) is 3.78. The van der Waals surface area contributed by atoms with Crippen LogP contribution in [0.3, 0.4) is 0 Å². The van der Waals surface area contributed by atoms with Crippen molar-refractivity contribution in [2.75, 3.05) is 20.7 Å². The first-order valence-corrected chi connectivity index (χ1v) is 5.14. The standard InChI is InChI=1S/C4H11NO.C3H6O4S/c1-4(6)5(2)3;1-2-3-7-8(4,5)6/h4,6H,1-3H3;2H,1,3H2,(H,4,5,6). The summed E-state index contributed by atoms with van der Waals surface area (Å²) in [5.41, 5.74) is 0. The van der Waals surface area contributed by atoms with Crippen molar-refractivity contribution in [3.63, 3.8) is 0 Å². The topological polar surface area (TPSA) is 87.1 Å². The highest BCUT2D eigenvalue weighted by atomic mass is 32.3. The average Bonchev–Trinajstić information content (AvgIpc) is 2.00. The van der Waals surface area contributed by atoms with Crippen molar-refractivity contribution in [3.8, 4) is 0 Å². The summed E-state index contributed by atoms with van der Waals surface area (Å²) < 4.78 is 31.0. The third-order valence-corrected chi connectivity index (χ3v) is 1.52. The van der Waals surface area contributed by atoms with Crippen LogP contribution in [-0.4, -0.2) is 49.9 Å². The van der Waals surface area contributed by atoms with E-state index in [9.17, 15) is 8.42 Å². The molecule has 1 atom stereocenters. The Hall–Kier alpha value is -0.470. The van der Waals surface area contributed by atoms with Crippen LogP contribution in [0.5, 0.6) is 0 Å². The number of aliphatic hydroxyl groups excluding tert-OH is 1. The van der Waals surface area contributed by atoms with Gasteiger partial charge in [-0.2, -0.15) is 8.42 Å². The highest BCUT2D eigenvalue weighted by Gasteiger charge is 1.99. The molecule has 0 aromatic rings. The van der Waals surface area contributed by atoms with E-state index in [4.69, 9.17) is 9.66 Å². The lowest BCUT2D eigenvalue weighted by Crippen LogP contribution is -2.23. The smallest absolute Gasteiger partial charge is 0.379 e. The summed E-state index contributed by atoms with van der Waals surface area (Å²) in [6.07, 6.45) is 0.901. The predicted molar refractivity (Wildman–Crippen MR) is 53.1 cm³/mol. The number of aliphatic hydroxyl groups is 1. The van der Waals surface area contributed by atoms with Gasteiger partial charge in [-0.25, -0.2) is 4.18 Å². The Morgan fingerprint density at radius 1 is 1.57 bits per heavy atom. The molecule has 0 saturated carbocycles. The molecule has 0 aromatic heterocycles. The van der Waals surface area contributed by atoms with Gasteiger partial charge < -0.3 is 5.11 Å². The monoisotopic (exact) mass is 227 g/mol. The minimum atomic E-state index is -4.26. The van der Waals surface area contributed by atoms with Gasteiger partial charge in [0.25, 0.3) is 0 Å². The van der Waals surface area contributed by atoms with E-state index in [-0.39, 0.29) is 12.8 Å². The first-order chi connectivity index (χ1) is 6.20. The number of rotatable bonds is 4. The summed E-state index contributed by atoms with van der Waals surface area (Å²) in [5.74, 6) is 0. The molecular formula is C7H17NO5S. The van der Waals surface area contributed by atoms with Gasteiger partial charge in [0, 0.05) is 0 Å². The molecule has 0 rings (SSSR count). The van der Waals surface area contributed by atoms with Gasteiger partial charge in [-0.15, -0.1) is 6.58 Å². The molecule has 0 heterocycles. The fraction of sp³-hybridized carbons (Fsp3) is 0.714. The van der Waals surface area contributed by atoms with E-state index < -0.39 is 10.4 Å². The number of nitrogens with zero attached hydrogens (tertiary/aromatic N) is 1.